The Morgan fingerprint density at radius 1 is 1.05 bits per heavy atom. The fraction of sp³-hybridized carbons (Fsp3) is 0.929. The molecule has 2 rings (SSSR count). The third-order valence-electron chi connectivity index (χ3n) is 4.59. The topological polar surface area (TPSA) is 51.2 Å². The molecule has 0 spiro atoms. The summed E-state index contributed by atoms with van der Waals surface area (Å²) in [4.78, 5) is 12.1. The second-order valence-electron chi connectivity index (χ2n) is 5.90. The van der Waals surface area contributed by atoms with Gasteiger partial charge in [-0.3, -0.25) is 9.18 Å². The van der Waals surface area contributed by atoms with Gasteiger partial charge >= 0.3 is 0 Å². The summed E-state index contributed by atoms with van der Waals surface area (Å²) in [6, 6.07) is 0. The first-order chi connectivity index (χ1) is 9.05. The molecule has 3 nitrogen and oxygen atoms in total. The highest BCUT2D eigenvalue weighted by atomic mass is 32.2. The standard InChI is InChI=1S/C14H23FO3S/c15-8-3-1-2-7-14(16)11-9-12-5-4-6-13(10-11)19(12,17)18/h11-13H,1-10H2. The number of hydrogen-bond donors (Lipinski definition) is 0. The zero-order chi connectivity index (χ0) is 13.9. The molecule has 2 bridgehead atoms. The molecule has 2 aliphatic heterocycles. The van der Waals surface area contributed by atoms with Crippen molar-refractivity contribution in [2.45, 2.75) is 68.3 Å². The molecular formula is C14H23FO3S. The number of rotatable bonds is 6. The zero-order valence-corrected chi connectivity index (χ0v) is 12.1. The summed E-state index contributed by atoms with van der Waals surface area (Å²) < 4.78 is 36.2. The molecule has 0 aliphatic carbocycles. The lowest BCUT2D eigenvalue weighted by atomic mass is 9.85. The van der Waals surface area contributed by atoms with Crippen LogP contribution in [0.2, 0.25) is 0 Å². The molecule has 0 N–H and O–H groups in total. The van der Waals surface area contributed by atoms with Crippen molar-refractivity contribution in [1.82, 2.24) is 0 Å². The molecule has 0 aromatic rings. The van der Waals surface area contributed by atoms with Gasteiger partial charge in [0.1, 0.15) is 5.78 Å². The molecule has 0 radical (unpaired) electrons. The van der Waals surface area contributed by atoms with Crippen LogP contribution in [0.1, 0.15) is 57.8 Å². The highest BCUT2D eigenvalue weighted by molar-refractivity contribution is 7.92. The summed E-state index contributed by atoms with van der Waals surface area (Å²) in [5.41, 5.74) is 0. The fourth-order valence-electron chi connectivity index (χ4n) is 3.45. The molecule has 2 heterocycles. The maximum atomic E-state index is 12.1. The predicted octanol–water partition coefficient (Wildman–Crippen LogP) is 2.83. The van der Waals surface area contributed by atoms with Crippen LogP contribution < -0.4 is 0 Å². The SMILES string of the molecule is O=C(CCCCCF)C1CC2CCCC(C1)S2(=O)=O. The van der Waals surface area contributed by atoms with E-state index < -0.39 is 9.84 Å². The molecule has 2 aliphatic rings. The molecule has 2 unspecified atom stereocenters. The third kappa shape index (κ3) is 3.36. The highest BCUT2D eigenvalue weighted by Crippen LogP contribution is 2.40. The van der Waals surface area contributed by atoms with Crippen LogP contribution in [0, 0.1) is 5.92 Å². The maximum Gasteiger partial charge on any atom is 0.156 e. The Bertz CT molecular complexity index is 398. The Kier molecular flexibility index (Phi) is 4.98. The fourth-order valence-corrected chi connectivity index (χ4v) is 5.98. The minimum Gasteiger partial charge on any atom is -0.299 e. The number of sulfone groups is 1. The van der Waals surface area contributed by atoms with E-state index in [-0.39, 0.29) is 28.9 Å². The molecule has 5 heteroatoms. The Morgan fingerprint density at radius 2 is 1.68 bits per heavy atom. The molecular weight excluding hydrogens is 267 g/mol. The van der Waals surface area contributed by atoms with Crippen molar-refractivity contribution in [2.75, 3.05) is 6.67 Å². The summed E-state index contributed by atoms with van der Waals surface area (Å²) >= 11 is 0. The van der Waals surface area contributed by atoms with Crippen molar-refractivity contribution < 1.29 is 17.6 Å². The van der Waals surface area contributed by atoms with Gasteiger partial charge in [0, 0.05) is 12.3 Å². The Hall–Kier alpha value is -0.450. The number of carbonyl (C=O) groups is 1. The first-order valence-electron chi connectivity index (χ1n) is 7.37. The number of Topliss-reactive ketones (excluding diaryl/α,β-unsaturated/α-hetero) is 1. The molecule has 19 heavy (non-hydrogen) atoms. The van der Waals surface area contributed by atoms with E-state index in [2.05, 4.69) is 0 Å². The number of unbranched alkanes of at least 4 members (excludes halogenated alkanes) is 2. The normalized spacial score (nSPS) is 33.0. The Morgan fingerprint density at radius 3 is 2.26 bits per heavy atom. The molecule has 2 fully saturated rings. The minimum absolute atomic E-state index is 0.0656. The van der Waals surface area contributed by atoms with Crippen LogP contribution in [0.25, 0.3) is 0 Å². The Labute approximate surface area is 114 Å². The van der Waals surface area contributed by atoms with Crippen LogP contribution in [-0.2, 0) is 14.6 Å². The lowest BCUT2D eigenvalue weighted by Crippen LogP contribution is -2.45. The van der Waals surface area contributed by atoms with E-state index in [0.29, 0.717) is 25.7 Å². The molecule has 0 saturated carbocycles. The second-order valence-corrected chi connectivity index (χ2v) is 8.41. The van der Waals surface area contributed by atoms with Crippen molar-refractivity contribution in [3.63, 3.8) is 0 Å². The summed E-state index contributed by atoms with van der Waals surface area (Å²) in [6.07, 6.45) is 5.99. The van der Waals surface area contributed by atoms with Crippen LogP contribution in [0.15, 0.2) is 0 Å². The average Bonchev–Trinajstić information content (AvgIpc) is 2.33. The van der Waals surface area contributed by atoms with E-state index in [1.807, 2.05) is 0 Å². The predicted molar refractivity (Wildman–Crippen MR) is 72.5 cm³/mol. The average molecular weight is 290 g/mol. The van der Waals surface area contributed by atoms with Crippen LogP contribution in [0.5, 0.6) is 0 Å². The number of alkyl halides is 1. The zero-order valence-electron chi connectivity index (χ0n) is 11.3. The van der Waals surface area contributed by atoms with Crippen molar-refractivity contribution in [1.29, 1.82) is 0 Å². The number of fused-ring (bicyclic) bond motifs is 2. The quantitative estimate of drug-likeness (QED) is 0.707. The summed E-state index contributed by atoms with van der Waals surface area (Å²) in [7, 11) is -2.96. The van der Waals surface area contributed by atoms with Gasteiger partial charge in [-0.25, -0.2) is 8.42 Å². The third-order valence-corrected chi connectivity index (χ3v) is 7.30. The van der Waals surface area contributed by atoms with E-state index >= 15 is 0 Å². The maximum absolute atomic E-state index is 12.1. The van der Waals surface area contributed by atoms with Crippen LogP contribution >= 0.6 is 0 Å². The van der Waals surface area contributed by atoms with Gasteiger partial charge in [0.15, 0.2) is 9.84 Å². The van der Waals surface area contributed by atoms with Gasteiger partial charge in [-0.2, -0.15) is 0 Å². The first-order valence-corrected chi connectivity index (χ1v) is 8.98. The molecule has 0 aromatic carbocycles. The minimum atomic E-state index is -2.96. The first kappa shape index (κ1) is 14.9. The van der Waals surface area contributed by atoms with E-state index in [0.717, 1.165) is 32.1 Å². The summed E-state index contributed by atoms with van der Waals surface area (Å²) in [5.74, 6) is 0.134. The summed E-state index contributed by atoms with van der Waals surface area (Å²) in [5, 5.41) is -0.556. The van der Waals surface area contributed by atoms with Gasteiger partial charge in [-0.05, 0) is 38.5 Å². The van der Waals surface area contributed by atoms with Crippen molar-refractivity contribution in [2.24, 2.45) is 5.92 Å². The van der Waals surface area contributed by atoms with Crippen molar-refractivity contribution in [3.05, 3.63) is 0 Å². The van der Waals surface area contributed by atoms with Gasteiger partial charge in [0.2, 0.25) is 0 Å². The van der Waals surface area contributed by atoms with E-state index in [1.165, 1.54) is 0 Å². The van der Waals surface area contributed by atoms with Gasteiger partial charge in [-0.1, -0.05) is 12.8 Å². The van der Waals surface area contributed by atoms with E-state index in [9.17, 15) is 17.6 Å². The van der Waals surface area contributed by atoms with Crippen molar-refractivity contribution >= 4 is 15.6 Å². The van der Waals surface area contributed by atoms with Gasteiger partial charge in [0.25, 0.3) is 0 Å². The van der Waals surface area contributed by atoms with Crippen LogP contribution in [-0.4, -0.2) is 31.4 Å². The highest BCUT2D eigenvalue weighted by Gasteiger charge is 2.45. The molecule has 0 amide bonds. The smallest absolute Gasteiger partial charge is 0.156 e. The van der Waals surface area contributed by atoms with Gasteiger partial charge in [-0.15, -0.1) is 0 Å². The molecule has 2 saturated heterocycles. The summed E-state index contributed by atoms with van der Waals surface area (Å²) in [6.45, 7) is -0.319. The second kappa shape index (κ2) is 6.33. The number of hydrogen-bond acceptors (Lipinski definition) is 3. The van der Waals surface area contributed by atoms with Crippen LogP contribution in [0.3, 0.4) is 0 Å². The van der Waals surface area contributed by atoms with E-state index in [1.54, 1.807) is 0 Å². The lowest BCUT2D eigenvalue weighted by molar-refractivity contribution is -0.123. The number of carbonyl (C=O) groups excluding carboxylic acids is 1. The molecule has 2 atom stereocenters. The lowest BCUT2D eigenvalue weighted by Gasteiger charge is -2.38. The molecule has 110 valence electrons. The van der Waals surface area contributed by atoms with E-state index in [4.69, 9.17) is 0 Å². The molecule has 0 aromatic heterocycles. The van der Waals surface area contributed by atoms with Gasteiger partial charge < -0.3 is 0 Å². The monoisotopic (exact) mass is 290 g/mol. The van der Waals surface area contributed by atoms with Crippen molar-refractivity contribution in [3.8, 4) is 0 Å². The van der Waals surface area contributed by atoms with Gasteiger partial charge in [0.05, 0.1) is 17.2 Å². The number of ketones is 1. The van der Waals surface area contributed by atoms with Crippen LogP contribution in [0.4, 0.5) is 4.39 Å². The number of halogens is 1. The Balaban J connectivity index is 1.88. The largest absolute Gasteiger partial charge is 0.299 e.